The molecule has 4 nitrogen and oxygen atoms in total. The second kappa shape index (κ2) is 4.82. The lowest BCUT2D eigenvalue weighted by Gasteiger charge is -2.16. The van der Waals surface area contributed by atoms with Gasteiger partial charge in [-0.05, 0) is 25.2 Å². The summed E-state index contributed by atoms with van der Waals surface area (Å²) in [6.07, 6.45) is 3.34. The highest BCUT2D eigenvalue weighted by molar-refractivity contribution is 5.20. The maximum atomic E-state index is 11.8. The zero-order chi connectivity index (χ0) is 12.4. The minimum absolute atomic E-state index is 0.0472. The van der Waals surface area contributed by atoms with Crippen LogP contribution in [-0.4, -0.2) is 9.78 Å². The van der Waals surface area contributed by atoms with Gasteiger partial charge in [0.1, 0.15) is 0 Å². The summed E-state index contributed by atoms with van der Waals surface area (Å²) in [5, 5.41) is 6.16. The number of nitrogens with zero attached hydrogens (tertiary/aromatic N) is 1. The van der Waals surface area contributed by atoms with E-state index < -0.39 is 0 Å². The molecule has 0 amide bonds. The van der Waals surface area contributed by atoms with Gasteiger partial charge in [-0.15, -0.1) is 0 Å². The number of aromatic amines is 1. The van der Waals surface area contributed by atoms with Crippen LogP contribution in [0.3, 0.4) is 0 Å². The maximum Gasteiger partial charge on any atom is 0.269 e. The molecule has 0 aliphatic carbocycles. The van der Waals surface area contributed by atoms with E-state index in [9.17, 15) is 4.79 Å². The molecule has 0 bridgehead atoms. The first-order chi connectivity index (χ1) is 8.09. The van der Waals surface area contributed by atoms with Gasteiger partial charge in [-0.25, -0.2) is 0 Å². The number of hydrogen-bond acceptors (Lipinski definition) is 2. The van der Waals surface area contributed by atoms with Crippen molar-refractivity contribution in [3.05, 3.63) is 33.9 Å². The largest absolute Gasteiger partial charge is 0.384 e. The monoisotopic (exact) mass is 235 g/mol. The lowest BCUT2D eigenvalue weighted by Crippen LogP contribution is -2.21. The fourth-order valence-corrected chi connectivity index (χ4v) is 2.18. The highest BCUT2D eigenvalue weighted by Gasteiger charge is 2.17. The molecule has 94 valence electrons. The van der Waals surface area contributed by atoms with Crippen molar-refractivity contribution in [3.8, 4) is 0 Å². The maximum absolute atomic E-state index is 11.8. The van der Waals surface area contributed by atoms with Crippen LogP contribution in [-0.2, 0) is 19.5 Å². The van der Waals surface area contributed by atoms with Crippen LogP contribution in [0.25, 0.3) is 0 Å². The van der Waals surface area contributed by atoms with Crippen LogP contribution in [0.1, 0.15) is 37.9 Å². The average Bonchev–Trinajstić information content (AvgIpc) is 2.61. The molecule has 1 aromatic heterocycles. The normalized spacial score (nSPS) is 14.8. The van der Waals surface area contributed by atoms with Gasteiger partial charge in [0, 0.05) is 24.5 Å². The average molecular weight is 235 g/mol. The van der Waals surface area contributed by atoms with Crippen LogP contribution in [0, 0.1) is 5.92 Å². The predicted molar refractivity (Wildman–Crippen MR) is 68.8 cm³/mol. The number of aryl methyl sites for hydroxylation is 1. The molecule has 0 radical (unpaired) electrons. The number of aromatic nitrogens is 2. The summed E-state index contributed by atoms with van der Waals surface area (Å²) in [5.41, 5.74) is 3.09. The first kappa shape index (κ1) is 12.0. The zero-order valence-electron chi connectivity index (χ0n) is 10.7. The van der Waals surface area contributed by atoms with Crippen LogP contribution in [0.2, 0.25) is 0 Å². The van der Waals surface area contributed by atoms with Crippen molar-refractivity contribution in [2.24, 2.45) is 5.92 Å². The first-order valence-corrected chi connectivity index (χ1v) is 6.33. The highest BCUT2D eigenvalue weighted by atomic mass is 16.1. The van der Waals surface area contributed by atoms with Gasteiger partial charge in [0.2, 0.25) is 0 Å². The molecule has 0 fully saturated rings. The third kappa shape index (κ3) is 2.46. The number of rotatable bonds is 4. The molecular weight excluding hydrogens is 214 g/mol. The summed E-state index contributed by atoms with van der Waals surface area (Å²) < 4.78 is 2.00. The van der Waals surface area contributed by atoms with Gasteiger partial charge in [-0.2, -0.15) is 0 Å². The molecule has 0 unspecified atom stereocenters. The molecule has 0 saturated heterocycles. The summed E-state index contributed by atoms with van der Waals surface area (Å²) in [6, 6.07) is 0. The van der Waals surface area contributed by atoms with Crippen LogP contribution >= 0.6 is 0 Å². The molecule has 4 heteroatoms. The fraction of sp³-hybridized carbons (Fsp3) is 0.615. The molecule has 2 heterocycles. The van der Waals surface area contributed by atoms with Crippen molar-refractivity contribution < 1.29 is 0 Å². The Morgan fingerprint density at radius 1 is 1.53 bits per heavy atom. The Morgan fingerprint density at radius 2 is 2.29 bits per heavy atom. The molecule has 0 spiro atoms. The van der Waals surface area contributed by atoms with E-state index in [2.05, 4.69) is 30.8 Å². The van der Waals surface area contributed by atoms with E-state index in [1.807, 2.05) is 4.68 Å². The number of hydrogen-bond donors (Lipinski definition) is 2. The van der Waals surface area contributed by atoms with Gasteiger partial charge < -0.3 is 5.32 Å². The van der Waals surface area contributed by atoms with Gasteiger partial charge in [0.05, 0.1) is 5.56 Å². The number of fused-ring (bicyclic) bond motifs is 1. The van der Waals surface area contributed by atoms with E-state index >= 15 is 0 Å². The molecule has 1 aliphatic rings. The van der Waals surface area contributed by atoms with E-state index in [-0.39, 0.29) is 5.56 Å². The van der Waals surface area contributed by atoms with E-state index in [1.165, 1.54) is 12.1 Å². The summed E-state index contributed by atoms with van der Waals surface area (Å²) in [4.78, 5) is 11.8. The van der Waals surface area contributed by atoms with Crippen molar-refractivity contribution in [2.45, 2.75) is 46.2 Å². The Kier molecular flexibility index (Phi) is 3.41. The van der Waals surface area contributed by atoms with Gasteiger partial charge in [0.15, 0.2) is 0 Å². The summed E-state index contributed by atoms with van der Waals surface area (Å²) in [7, 11) is 0. The fourth-order valence-electron chi connectivity index (χ4n) is 2.18. The van der Waals surface area contributed by atoms with E-state index in [4.69, 9.17) is 0 Å². The van der Waals surface area contributed by atoms with Gasteiger partial charge in [0.25, 0.3) is 5.56 Å². The second-order valence-corrected chi connectivity index (χ2v) is 5.01. The SMILES string of the molecule is C=C(NCc1c2n([nH]c1=O)CCCC2)C(C)C. The van der Waals surface area contributed by atoms with Crippen LogP contribution in [0.15, 0.2) is 17.1 Å². The minimum atomic E-state index is 0.0472. The molecule has 0 aromatic carbocycles. The quantitative estimate of drug-likeness (QED) is 0.835. The number of H-pyrrole nitrogens is 1. The molecular formula is C13H21N3O. The van der Waals surface area contributed by atoms with E-state index in [0.717, 1.165) is 30.6 Å². The summed E-state index contributed by atoms with van der Waals surface area (Å²) in [6.45, 7) is 9.68. The Morgan fingerprint density at radius 3 is 3.00 bits per heavy atom. The van der Waals surface area contributed by atoms with Crippen molar-refractivity contribution >= 4 is 0 Å². The van der Waals surface area contributed by atoms with Crippen LogP contribution in [0.4, 0.5) is 0 Å². The second-order valence-electron chi connectivity index (χ2n) is 5.01. The first-order valence-electron chi connectivity index (χ1n) is 6.33. The number of nitrogens with one attached hydrogen (secondary N) is 2. The Balaban J connectivity index is 2.13. The van der Waals surface area contributed by atoms with Gasteiger partial charge in [-0.3, -0.25) is 14.6 Å². The van der Waals surface area contributed by atoms with E-state index in [1.54, 1.807) is 0 Å². The summed E-state index contributed by atoms with van der Waals surface area (Å²) >= 11 is 0. The molecule has 17 heavy (non-hydrogen) atoms. The lowest BCUT2D eigenvalue weighted by molar-refractivity contribution is 0.481. The van der Waals surface area contributed by atoms with Crippen molar-refractivity contribution in [1.82, 2.24) is 15.1 Å². The lowest BCUT2D eigenvalue weighted by atomic mass is 10.1. The Hall–Kier alpha value is -1.45. The molecule has 2 rings (SSSR count). The topological polar surface area (TPSA) is 49.8 Å². The van der Waals surface area contributed by atoms with E-state index in [0.29, 0.717) is 12.5 Å². The van der Waals surface area contributed by atoms with Gasteiger partial charge >= 0.3 is 0 Å². The molecule has 1 aliphatic heterocycles. The third-order valence-electron chi connectivity index (χ3n) is 3.42. The predicted octanol–water partition coefficient (Wildman–Crippen LogP) is 1.77. The number of allylic oxidation sites excluding steroid dienone is 1. The highest BCUT2D eigenvalue weighted by Crippen LogP contribution is 2.15. The molecule has 0 saturated carbocycles. The third-order valence-corrected chi connectivity index (χ3v) is 3.42. The Bertz CT molecular complexity index is 467. The molecule has 2 N–H and O–H groups in total. The van der Waals surface area contributed by atoms with Crippen molar-refractivity contribution in [3.63, 3.8) is 0 Å². The summed E-state index contributed by atoms with van der Waals surface area (Å²) in [5.74, 6) is 0.396. The zero-order valence-corrected chi connectivity index (χ0v) is 10.7. The molecule has 0 atom stereocenters. The van der Waals surface area contributed by atoms with Gasteiger partial charge in [-0.1, -0.05) is 20.4 Å². The van der Waals surface area contributed by atoms with Crippen molar-refractivity contribution in [2.75, 3.05) is 0 Å². The minimum Gasteiger partial charge on any atom is -0.384 e. The molecule has 1 aromatic rings. The van der Waals surface area contributed by atoms with Crippen LogP contribution in [0.5, 0.6) is 0 Å². The smallest absolute Gasteiger partial charge is 0.269 e. The van der Waals surface area contributed by atoms with Crippen LogP contribution < -0.4 is 10.9 Å². The standard InChI is InChI=1S/C13H21N3O/c1-9(2)10(3)14-8-11-12-6-4-5-7-16(12)15-13(11)17/h9,14H,3-8H2,1-2H3,(H,15,17). The Labute approximate surface area is 102 Å². The van der Waals surface area contributed by atoms with Crippen molar-refractivity contribution in [1.29, 1.82) is 0 Å².